The average molecular weight is 367 g/mol. The van der Waals surface area contributed by atoms with Crippen molar-refractivity contribution in [1.29, 1.82) is 0 Å². The van der Waals surface area contributed by atoms with Crippen LogP contribution in [0.1, 0.15) is 25.8 Å². The van der Waals surface area contributed by atoms with E-state index in [0.29, 0.717) is 11.6 Å². The molecule has 1 atom stereocenters. The summed E-state index contributed by atoms with van der Waals surface area (Å²) in [6.07, 6.45) is 1.97. The van der Waals surface area contributed by atoms with Crippen LogP contribution in [0.15, 0.2) is 40.7 Å². The van der Waals surface area contributed by atoms with Gasteiger partial charge < -0.3 is 5.32 Å². The number of sulfonamides is 1. The van der Waals surface area contributed by atoms with Gasteiger partial charge in [0.05, 0.1) is 4.90 Å². The molecule has 8 heteroatoms. The first kappa shape index (κ1) is 18.6. The molecule has 1 amide bonds. The predicted molar refractivity (Wildman–Crippen MR) is 95.5 cm³/mol. The minimum atomic E-state index is -3.77. The number of benzene rings is 1. The molecule has 0 aliphatic rings. The van der Waals surface area contributed by atoms with E-state index in [2.05, 4.69) is 15.0 Å². The van der Waals surface area contributed by atoms with Crippen molar-refractivity contribution in [3.63, 3.8) is 0 Å². The monoisotopic (exact) mass is 367 g/mol. The van der Waals surface area contributed by atoms with Gasteiger partial charge in [-0.1, -0.05) is 31.5 Å². The Hall–Kier alpha value is -1.77. The fraction of sp³-hybridized carbons (Fsp3) is 0.375. The fourth-order valence-electron chi connectivity index (χ4n) is 2.13. The van der Waals surface area contributed by atoms with E-state index >= 15 is 0 Å². The summed E-state index contributed by atoms with van der Waals surface area (Å²) in [5.41, 5.74) is 0.967. The van der Waals surface area contributed by atoms with Crippen molar-refractivity contribution in [2.45, 2.75) is 38.1 Å². The molecule has 0 radical (unpaired) electrons. The molecule has 0 bridgehead atoms. The summed E-state index contributed by atoms with van der Waals surface area (Å²) in [5.74, 6) is -0.257. The van der Waals surface area contributed by atoms with Gasteiger partial charge in [-0.2, -0.15) is 4.72 Å². The minimum absolute atomic E-state index is 0.143. The van der Waals surface area contributed by atoms with Gasteiger partial charge in [-0.25, -0.2) is 13.4 Å². The number of aryl methyl sites for hydroxylation is 1. The normalized spacial score (nSPS) is 13.0. The van der Waals surface area contributed by atoms with Gasteiger partial charge >= 0.3 is 0 Å². The first-order valence-corrected chi connectivity index (χ1v) is 9.93. The zero-order valence-electron chi connectivity index (χ0n) is 13.8. The Morgan fingerprint density at radius 2 is 1.92 bits per heavy atom. The van der Waals surface area contributed by atoms with Gasteiger partial charge in [-0.05, 0) is 31.4 Å². The average Bonchev–Trinajstić information content (AvgIpc) is 2.99. The topological polar surface area (TPSA) is 88.2 Å². The summed E-state index contributed by atoms with van der Waals surface area (Å²) in [4.78, 5) is 16.6. The summed E-state index contributed by atoms with van der Waals surface area (Å²) in [5, 5.41) is 4.84. The van der Waals surface area contributed by atoms with Crippen LogP contribution in [0.4, 0.5) is 5.13 Å². The Bertz CT molecular complexity index is 769. The van der Waals surface area contributed by atoms with Crippen LogP contribution in [0.2, 0.25) is 0 Å². The maximum Gasteiger partial charge on any atom is 0.244 e. The Kier molecular flexibility index (Phi) is 6.09. The number of carbonyl (C=O) groups excluding carboxylic acids is 1. The molecule has 0 saturated heterocycles. The van der Waals surface area contributed by atoms with Crippen molar-refractivity contribution >= 4 is 32.4 Å². The molecule has 1 aromatic heterocycles. The molecule has 24 heavy (non-hydrogen) atoms. The Labute approximate surface area is 146 Å². The van der Waals surface area contributed by atoms with Crippen LogP contribution < -0.4 is 10.0 Å². The molecule has 2 N–H and O–H groups in total. The molecular weight excluding hydrogens is 346 g/mol. The van der Waals surface area contributed by atoms with Gasteiger partial charge in [0.2, 0.25) is 15.9 Å². The number of amides is 1. The second-order valence-electron chi connectivity index (χ2n) is 5.94. The van der Waals surface area contributed by atoms with E-state index in [0.717, 1.165) is 5.56 Å². The number of hydrogen-bond acceptors (Lipinski definition) is 5. The quantitative estimate of drug-likeness (QED) is 0.788. The molecule has 0 aliphatic carbocycles. The summed E-state index contributed by atoms with van der Waals surface area (Å²) in [7, 11) is -3.77. The standard InChI is InChI=1S/C16H21N3O3S2/c1-11(2)10-14(15(20)18-16-17-8-9-23-16)19-24(21,22)13-6-4-12(3)5-7-13/h4-9,11,14,19H,10H2,1-3H3,(H,17,18,20)/t14-/m0/s1. The van der Waals surface area contributed by atoms with Crippen LogP contribution in [-0.4, -0.2) is 25.4 Å². The molecule has 2 rings (SSSR count). The maximum absolute atomic E-state index is 12.5. The molecule has 6 nitrogen and oxygen atoms in total. The Balaban J connectivity index is 2.18. The third-order valence-corrected chi connectivity index (χ3v) is 5.49. The third-order valence-electron chi connectivity index (χ3n) is 3.31. The molecule has 0 aliphatic heterocycles. The fourth-order valence-corrected chi connectivity index (χ4v) is 3.87. The lowest BCUT2D eigenvalue weighted by Gasteiger charge is -2.19. The highest BCUT2D eigenvalue weighted by Gasteiger charge is 2.27. The smallest absolute Gasteiger partial charge is 0.244 e. The van der Waals surface area contributed by atoms with Crippen LogP contribution in [0.25, 0.3) is 0 Å². The second kappa shape index (κ2) is 7.87. The maximum atomic E-state index is 12.5. The van der Waals surface area contributed by atoms with E-state index < -0.39 is 22.0 Å². The summed E-state index contributed by atoms with van der Waals surface area (Å²) in [6, 6.07) is 5.65. The molecule has 1 heterocycles. The molecule has 0 saturated carbocycles. The van der Waals surface area contributed by atoms with Crippen molar-refractivity contribution in [3.05, 3.63) is 41.4 Å². The Morgan fingerprint density at radius 1 is 1.25 bits per heavy atom. The molecule has 130 valence electrons. The highest BCUT2D eigenvalue weighted by Crippen LogP contribution is 2.16. The predicted octanol–water partition coefficient (Wildman–Crippen LogP) is 2.78. The Morgan fingerprint density at radius 3 is 2.46 bits per heavy atom. The largest absolute Gasteiger partial charge is 0.301 e. The molecule has 2 aromatic rings. The van der Waals surface area contributed by atoms with Crippen molar-refractivity contribution in [1.82, 2.24) is 9.71 Å². The van der Waals surface area contributed by atoms with E-state index in [1.807, 2.05) is 20.8 Å². The van der Waals surface area contributed by atoms with Crippen LogP contribution in [0.5, 0.6) is 0 Å². The van der Waals surface area contributed by atoms with Crippen LogP contribution in [0.3, 0.4) is 0 Å². The first-order chi connectivity index (χ1) is 11.3. The number of nitrogens with one attached hydrogen (secondary N) is 2. The third kappa shape index (κ3) is 5.12. The van der Waals surface area contributed by atoms with E-state index in [9.17, 15) is 13.2 Å². The van der Waals surface area contributed by atoms with Crippen LogP contribution in [-0.2, 0) is 14.8 Å². The number of anilines is 1. The van der Waals surface area contributed by atoms with Crippen molar-refractivity contribution in [2.75, 3.05) is 5.32 Å². The van der Waals surface area contributed by atoms with Gasteiger partial charge in [0.15, 0.2) is 5.13 Å². The number of carbonyl (C=O) groups is 1. The van der Waals surface area contributed by atoms with Gasteiger partial charge in [-0.3, -0.25) is 4.79 Å². The van der Waals surface area contributed by atoms with Crippen molar-refractivity contribution in [3.8, 4) is 0 Å². The lowest BCUT2D eigenvalue weighted by Crippen LogP contribution is -2.44. The number of aromatic nitrogens is 1. The van der Waals surface area contributed by atoms with Gasteiger partial charge in [0.1, 0.15) is 6.04 Å². The van der Waals surface area contributed by atoms with Crippen LogP contribution >= 0.6 is 11.3 Å². The van der Waals surface area contributed by atoms with Crippen LogP contribution in [0, 0.1) is 12.8 Å². The number of nitrogens with zero attached hydrogens (tertiary/aromatic N) is 1. The SMILES string of the molecule is Cc1ccc(S(=O)(=O)N[C@@H](CC(C)C)C(=O)Nc2nccs2)cc1. The van der Waals surface area contributed by atoms with Gasteiger partial charge in [-0.15, -0.1) is 11.3 Å². The highest BCUT2D eigenvalue weighted by atomic mass is 32.2. The van der Waals surface area contributed by atoms with E-state index in [-0.39, 0.29) is 10.8 Å². The van der Waals surface area contributed by atoms with E-state index in [4.69, 9.17) is 0 Å². The summed E-state index contributed by atoms with van der Waals surface area (Å²) in [6.45, 7) is 5.75. The lowest BCUT2D eigenvalue weighted by atomic mass is 10.0. The van der Waals surface area contributed by atoms with Gasteiger partial charge in [0, 0.05) is 11.6 Å². The van der Waals surface area contributed by atoms with E-state index in [1.165, 1.54) is 23.5 Å². The van der Waals surface area contributed by atoms with E-state index in [1.54, 1.807) is 23.7 Å². The summed E-state index contributed by atoms with van der Waals surface area (Å²) < 4.78 is 27.6. The first-order valence-electron chi connectivity index (χ1n) is 7.57. The van der Waals surface area contributed by atoms with Crippen molar-refractivity contribution in [2.24, 2.45) is 5.92 Å². The molecular formula is C16H21N3O3S2. The second-order valence-corrected chi connectivity index (χ2v) is 8.55. The number of thiazole rings is 1. The number of rotatable bonds is 7. The van der Waals surface area contributed by atoms with Crippen molar-refractivity contribution < 1.29 is 13.2 Å². The number of hydrogen-bond donors (Lipinski definition) is 2. The molecule has 1 aromatic carbocycles. The minimum Gasteiger partial charge on any atom is -0.301 e. The van der Waals surface area contributed by atoms with Gasteiger partial charge in [0.25, 0.3) is 0 Å². The zero-order chi connectivity index (χ0) is 17.7. The molecule has 0 spiro atoms. The highest BCUT2D eigenvalue weighted by molar-refractivity contribution is 7.89. The molecule has 0 unspecified atom stereocenters. The summed E-state index contributed by atoms with van der Waals surface area (Å²) >= 11 is 1.28. The molecule has 0 fully saturated rings. The zero-order valence-corrected chi connectivity index (χ0v) is 15.4. The lowest BCUT2D eigenvalue weighted by molar-refractivity contribution is -0.118.